The predicted octanol–water partition coefficient (Wildman–Crippen LogP) is 0.162. The molecule has 0 aromatic heterocycles. The van der Waals surface area contributed by atoms with Crippen molar-refractivity contribution in [3.63, 3.8) is 0 Å². The van der Waals surface area contributed by atoms with E-state index in [2.05, 4.69) is 5.32 Å². The maximum atomic E-state index is 12.0. The topological polar surface area (TPSA) is 84.6 Å². The fourth-order valence-corrected chi connectivity index (χ4v) is 2.98. The van der Waals surface area contributed by atoms with Gasteiger partial charge in [0, 0.05) is 18.5 Å². The molecule has 2 fully saturated rings. The number of carbonyl (C=O) groups excluding carboxylic acids is 1. The van der Waals surface area contributed by atoms with Crippen LogP contribution < -0.4 is 11.1 Å². The van der Waals surface area contributed by atoms with Crippen LogP contribution in [0.15, 0.2) is 0 Å². The summed E-state index contributed by atoms with van der Waals surface area (Å²) in [5, 5.41) is 12.4. The Kier molecular flexibility index (Phi) is 4.59. The molecule has 1 amide bonds. The van der Waals surface area contributed by atoms with Gasteiger partial charge in [0.25, 0.3) is 0 Å². The Morgan fingerprint density at radius 2 is 2.11 bits per heavy atom. The third-order valence-corrected chi connectivity index (χ3v) is 4.30. The number of nitrogens with one attached hydrogen (secondary N) is 1. The van der Waals surface area contributed by atoms with Gasteiger partial charge in [0.15, 0.2) is 0 Å². The molecule has 1 aliphatic carbocycles. The highest BCUT2D eigenvalue weighted by Gasteiger charge is 2.35. The number of aliphatic hydroxyl groups excluding tert-OH is 1. The molecule has 1 saturated carbocycles. The van der Waals surface area contributed by atoms with Crippen molar-refractivity contribution in [1.82, 2.24) is 5.32 Å². The molecular formula is C13H24N2O3. The van der Waals surface area contributed by atoms with E-state index in [0.717, 1.165) is 38.5 Å². The number of aliphatic hydroxyl groups is 1. The second-order valence-corrected chi connectivity index (χ2v) is 5.64. The number of amides is 1. The fourth-order valence-electron chi connectivity index (χ4n) is 2.98. The van der Waals surface area contributed by atoms with Crippen molar-refractivity contribution >= 4 is 5.91 Å². The SMILES string of the molecule is NCC1CCC(C(=O)NCC2(CO)CCCC2)O1. The maximum Gasteiger partial charge on any atom is 0.249 e. The Hall–Kier alpha value is -0.650. The molecule has 0 radical (unpaired) electrons. The Morgan fingerprint density at radius 3 is 2.67 bits per heavy atom. The minimum Gasteiger partial charge on any atom is -0.396 e. The molecule has 0 bridgehead atoms. The first-order chi connectivity index (χ1) is 8.69. The molecule has 4 N–H and O–H groups in total. The molecule has 1 saturated heterocycles. The van der Waals surface area contributed by atoms with Crippen LogP contribution in [0.25, 0.3) is 0 Å². The first-order valence-electron chi connectivity index (χ1n) is 6.93. The van der Waals surface area contributed by atoms with Gasteiger partial charge in [0.1, 0.15) is 6.10 Å². The summed E-state index contributed by atoms with van der Waals surface area (Å²) in [5.74, 6) is -0.0503. The van der Waals surface area contributed by atoms with Crippen molar-refractivity contribution in [1.29, 1.82) is 0 Å². The standard InChI is InChI=1S/C13H24N2O3/c14-7-10-3-4-11(18-10)12(17)15-8-13(9-16)5-1-2-6-13/h10-11,16H,1-9,14H2,(H,15,17). The van der Waals surface area contributed by atoms with Crippen molar-refractivity contribution in [2.24, 2.45) is 11.1 Å². The molecule has 0 aromatic carbocycles. The summed E-state index contributed by atoms with van der Waals surface area (Å²) in [6, 6.07) is 0. The molecule has 5 nitrogen and oxygen atoms in total. The van der Waals surface area contributed by atoms with Crippen molar-refractivity contribution < 1.29 is 14.6 Å². The molecule has 2 unspecified atom stereocenters. The number of ether oxygens (including phenoxy) is 1. The van der Waals surface area contributed by atoms with Crippen LogP contribution in [0.4, 0.5) is 0 Å². The van der Waals surface area contributed by atoms with E-state index >= 15 is 0 Å². The smallest absolute Gasteiger partial charge is 0.249 e. The van der Waals surface area contributed by atoms with Crippen LogP contribution in [-0.2, 0) is 9.53 Å². The molecule has 0 spiro atoms. The van der Waals surface area contributed by atoms with E-state index in [0.29, 0.717) is 13.1 Å². The van der Waals surface area contributed by atoms with E-state index in [4.69, 9.17) is 10.5 Å². The van der Waals surface area contributed by atoms with Crippen LogP contribution in [0, 0.1) is 5.41 Å². The van der Waals surface area contributed by atoms with Crippen LogP contribution in [0.5, 0.6) is 0 Å². The first-order valence-corrected chi connectivity index (χ1v) is 6.93. The minimum atomic E-state index is -0.351. The number of rotatable bonds is 5. The highest BCUT2D eigenvalue weighted by atomic mass is 16.5. The van der Waals surface area contributed by atoms with Crippen LogP contribution in [0.2, 0.25) is 0 Å². The van der Waals surface area contributed by atoms with Crippen molar-refractivity contribution in [3.8, 4) is 0 Å². The molecule has 2 rings (SSSR count). The fraction of sp³-hybridized carbons (Fsp3) is 0.923. The summed E-state index contributed by atoms with van der Waals surface area (Å²) >= 11 is 0. The number of hydrogen-bond donors (Lipinski definition) is 3. The zero-order valence-corrected chi connectivity index (χ0v) is 10.9. The summed E-state index contributed by atoms with van der Waals surface area (Å²) in [5.41, 5.74) is 5.43. The summed E-state index contributed by atoms with van der Waals surface area (Å²) < 4.78 is 5.55. The molecular weight excluding hydrogens is 232 g/mol. The minimum absolute atomic E-state index is 0.0269. The van der Waals surface area contributed by atoms with Gasteiger partial charge in [0.05, 0.1) is 12.7 Å². The van der Waals surface area contributed by atoms with Gasteiger partial charge in [-0.25, -0.2) is 0 Å². The molecule has 5 heteroatoms. The Morgan fingerprint density at radius 1 is 1.39 bits per heavy atom. The van der Waals surface area contributed by atoms with Crippen LogP contribution in [0.3, 0.4) is 0 Å². The van der Waals surface area contributed by atoms with Gasteiger partial charge in [-0.2, -0.15) is 0 Å². The lowest BCUT2D eigenvalue weighted by molar-refractivity contribution is -0.132. The van der Waals surface area contributed by atoms with Crippen molar-refractivity contribution in [2.45, 2.75) is 50.7 Å². The molecule has 104 valence electrons. The molecule has 2 atom stereocenters. The van der Waals surface area contributed by atoms with Gasteiger partial charge in [0.2, 0.25) is 5.91 Å². The number of hydrogen-bond acceptors (Lipinski definition) is 4. The largest absolute Gasteiger partial charge is 0.396 e. The van der Waals surface area contributed by atoms with Gasteiger partial charge in [-0.15, -0.1) is 0 Å². The molecule has 18 heavy (non-hydrogen) atoms. The maximum absolute atomic E-state index is 12.0. The average Bonchev–Trinajstić information content (AvgIpc) is 3.05. The van der Waals surface area contributed by atoms with E-state index in [1.165, 1.54) is 0 Å². The normalized spacial score (nSPS) is 30.6. The number of carbonyl (C=O) groups is 1. The third-order valence-electron chi connectivity index (χ3n) is 4.30. The van der Waals surface area contributed by atoms with E-state index in [-0.39, 0.29) is 30.1 Å². The number of nitrogens with two attached hydrogens (primary N) is 1. The summed E-state index contributed by atoms with van der Waals surface area (Å²) in [4.78, 5) is 12.0. The summed E-state index contributed by atoms with van der Waals surface area (Å²) in [6.07, 6.45) is 5.58. The molecule has 1 aliphatic heterocycles. The molecule has 2 aliphatic rings. The van der Waals surface area contributed by atoms with Gasteiger partial charge >= 0.3 is 0 Å². The first kappa shape index (κ1) is 13.8. The second-order valence-electron chi connectivity index (χ2n) is 5.64. The predicted molar refractivity (Wildman–Crippen MR) is 67.9 cm³/mol. The Labute approximate surface area is 108 Å². The Bertz CT molecular complexity index is 290. The third kappa shape index (κ3) is 3.02. The van der Waals surface area contributed by atoms with Crippen LogP contribution in [0.1, 0.15) is 38.5 Å². The zero-order chi connectivity index (χ0) is 13.0. The van der Waals surface area contributed by atoms with Crippen LogP contribution in [-0.4, -0.2) is 42.9 Å². The second kappa shape index (κ2) is 5.99. The summed E-state index contributed by atoms with van der Waals surface area (Å²) in [6.45, 7) is 1.20. The van der Waals surface area contributed by atoms with Crippen molar-refractivity contribution in [3.05, 3.63) is 0 Å². The average molecular weight is 256 g/mol. The molecule has 0 aromatic rings. The van der Waals surface area contributed by atoms with E-state index < -0.39 is 0 Å². The van der Waals surface area contributed by atoms with Gasteiger partial charge in [-0.3, -0.25) is 4.79 Å². The monoisotopic (exact) mass is 256 g/mol. The Balaban J connectivity index is 1.78. The highest BCUT2D eigenvalue weighted by Crippen LogP contribution is 2.37. The van der Waals surface area contributed by atoms with Gasteiger partial charge in [-0.1, -0.05) is 12.8 Å². The van der Waals surface area contributed by atoms with Gasteiger partial charge < -0.3 is 20.9 Å². The lowest BCUT2D eigenvalue weighted by atomic mass is 9.87. The van der Waals surface area contributed by atoms with Crippen LogP contribution >= 0.6 is 0 Å². The lowest BCUT2D eigenvalue weighted by Crippen LogP contribution is -2.42. The lowest BCUT2D eigenvalue weighted by Gasteiger charge is -2.27. The van der Waals surface area contributed by atoms with E-state index in [1.54, 1.807) is 0 Å². The highest BCUT2D eigenvalue weighted by molar-refractivity contribution is 5.81. The zero-order valence-electron chi connectivity index (χ0n) is 10.9. The summed E-state index contributed by atoms with van der Waals surface area (Å²) in [7, 11) is 0. The van der Waals surface area contributed by atoms with E-state index in [1.807, 2.05) is 0 Å². The van der Waals surface area contributed by atoms with Gasteiger partial charge in [-0.05, 0) is 25.7 Å². The quantitative estimate of drug-likeness (QED) is 0.654. The molecule has 1 heterocycles. The van der Waals surface area contributed by atoms with E-state index in [9.17, 15) is 9.90 Å². The van der Waals surface area contributed by atoms with Crippen molar-refractivity contribution in [2.75, 3.05) is 19.7 Å².